The zero-order valence-electron chi connectivity index (χ0n) is 15.1. The summed E-state index contributed by atoms with van der Waals surface area (Å²) in [5.41, 5.74) is 2.76. The van der Waals surface area contributed by atoms with Crippen LogP contribution in [0.25, 0.3) is 11.1 Å². The maximum absolute atomic E-state index is 13.0. The van der Waals surface area contributed by atoms with Crippen LogP contribution >= 0.6 is 0 Å². The van der Waals surface area contributed by atoms with Crippen molar-refractivity contribution in [2.75, 3.05) is 33.7 Å². The Hall–Kier alpha value is -2.20. The van der Waals surface area contributed by atoms with E-state index in [0.717, 1.165) is 37.2 Å². The molecule has 1 heterocycles. The van der Waals surface area contributed by atoms with Crippen LogP contribution in [-0.2, 0) is 0 Å². The van der Waals surface area contributed by atoms with Gasteiger partial charge in [0.1, 0.15) is 5.82 Å². The van der Waals surface area contributed by atoms with Crippen LogP contribution in [0.4, 0.5) is 4.39 Å². The number of likely N-dealkylation sites (tertiary alicyclic amines) is 1. The Bertz CT molecular complexity index is 741. The molecule has 0 aliphatic carbocycles. The van der Waals surface area contributed by atoms with Gasteiger partial charge in [-0.25, -0.2) is 4.39 Å². The molecule has 2 aromatic carbocycles. The van der Waals surface area contributed by atoms with Crippen molar-refractivity contribution in [2.45, 2.75) is 13.3 Å². The molecule has 0 bridgehead atoms. The third-order valence-corrected chi connectivity index (χ3v) is 5.02. The highest BCUT2D eigenvalue weighted by Gasteiger charge is 2.34. The lowest BCUT2D eigenvalue weighted by Crippen LogP contribution is -2.38. The predicted molar refractivity (Wildman–Crippen MR) is 99.0 cm³/mol. The minimum absolute atomic E-state index is 0.0430. The molecule has 0 aromatic heterocycles. The van der Waals surface area contributed by atoms with E-state index >= 15 is 0 Å². The zero-order chi connectivity index (χ0) is 18.0. The molecule has 0 radical (unpaired) electrons. The summed E-state index contributed by atoms with van der Waals surface area (Å²) in [6.45, 7) is 5.12. The van der Waals surface area contributed by atoms with Gasteiger partial charge in [-0.2, -0.15) is 0 Å². The molecule has 0 spiro atoms. The quantitative estimate of drug-likeness (QED) is 0.842. The molecular formula is C21H25FN2O. The minimum atomic E-state index is -0.247. The number of benzene rings is 2. The molecule has 3 rings (SSSR count). The molecule has 1 fully saturated rings. The molecule has 132 valence electrons. The molecule has 0 N–H and O–H groups in total. The molecule has 1 amide bonds. The first-order valence-corrected chi connectivity index (χ1v) is 8.66. The van der Waals surface area contributed by atoms with E-state index in [2.05, 4.69) is 18.9 Å². The number of rotatable bonds is 4. The van der Waals surface area contributed by atoms with Gasteiger partial charge < -0.3 is 9.80 Å². The maximum Gasteiger partial charge on any atom is 0.253 e. The summed E-state index contributed by atoms with van der Waals surface area (Å²) in [5.74, 6) is -0.204. The van der Waals surface area contributed by atoms with Crippen LogP contribution in [-0.4, -0.2) is 49.4 Å². The van der Waals surface area contributed by atoms with E-state index in [4.69, 9.17) is 0 Å². The Labute approximate surface area is 149 Å². The van der Waals surface area contributed by atoms with Crippen molar-refractivity contribution in [1.82, 2.24) is 9.80 Å². The Balaban J connectivity index is 1.69. The van der Waals surface area contributed by atoms with Gasteiger partial charge in [-0.05, 0) is 60.8 Å². The zero-order valence-corrected chi connectivity index (χ0v) is 15.1. The molecule has 3 nitrogen and oxygen atoms in total. The van der Waals surface area contributed by atoms with Crippen molar-refractivity contribution in [2.24, 2.45) is 5.41 Å². The molecular weight excluding hydrogens is 315 g/mol. The van der Waals surface area contributed by atoms with Crippen LogP contribution < -0.4 is 0 Å². The maximum atomic E-state index is 13.0. The highest BCUT2D eigenvalue weighted by molar-refractivity contribution is 5.94. The van der Waals surface area contributed by atoms with Crippen molar-refractivity contribution < 1.29 is 9.18 Å². The fraction of sp³-hybridized carbons (Fsp3) is 0.381. The van der Waals surface area contributed by atoms with E-state index in [9.17, 15) is 9.18 Å². The van der Waals surface area contributed by atoms with Crippen molar-refractivity contribution in [1.29, 1.82) is 0 Å². The van der Waals surface area contributed by atoms with Crippen molar-refractivity contribution in [3.63, 3.8) is 0 Å². The number of nitrogens with zero attached hydrogens (tertiary/aromatic N) is 2. The van der Waals surface area contributed by atoms with E-state index in [1.165, 1.54) is 12.1 Å². The second-order valence-corrected chi connectivity index (χ2v) is 7.54. The Morgan fingerprint density at radius 3 is 2.20 bits per heavy atom. The largest absolute Gasteiger partial charge is 0.341 e. The van der Waals surface area contributed by atoms with Gasteiger partial charge in [0.15, 0.2) is 0 Å². The second kappa shape index (κ2) is 6.96. The third-order valence-electron chi connectivity index (χ3n) is 5.02. The van der Waals surface area contributed by atoms with Gasteiger partial charge in [0.05, 0.1) is 0 Å². The lowest BCUT2D eigenvalue weighted by molar-refractivity contribution is 0.0730. The van der Waals surface area contributed by atoms with Crippen LogP contribution in [0, 0.1) is 11.2 Å². The van der Waals surface area contributed by atoms with Gasteiger partial charge in [0.2, 0.25) is 0 Å². The Kier molecular flexibility index (Phi) is 4.91. The minimum Gasteiger partial charge on any atom is -0.341 e. The summed E-state index contributed by atoms with van der Waals surface area (Å²) < 4.78 is 13.0. The predicted octanol–water partition coefficient (Wildman–Crippen LogP) is 3.91. The van der Waals surface area contributed by atoms with Gasteiger partial charge in [0.25, 0.3) is 5.91 Å². The smallest absolute Gasteiger partial charge is 0.253 e. The summed E-state index contributed by atoms with van der Waals surface area (Å²) in [6.07, 6.45) is 1.12. The van der Waals surface area contributed by atoms with Crippen LogP contribution in [0.3, 0.4) is 0 Å². The summed E-state index contributed by atoms with van der Waals surface area (Å²) in [7, 11) is 4.00. The molecule has 1 aliphatic rings. The first-order valence-electron chi connectivity index (χ1n) is 8.66. The molecule has 2 aromatic rings. The van der Waals surface area contributed by atoms with Crippen LogP contribution in [0.5, 0.6) is 0 Å². The first-order chi connectivity index (χ1) is 11.9. The van der Waals surface area contributed by atoms with E-state index in [-0.39, 0.29) is 17.1 Å². The number of carbonyl (C=O) groups is 1. The number of halogens is 1. The average molecular weight is 340 g/mol. The highest BCUT2D eigenvalue weighted by atomic mass is 19.1. The third kappa shape index (κ3) is 4.07. The number of hydrogen-bond donors (Lipinski definition) is 0. The van der Waals surface area contributed by atoms with Crippen molar-refractivity contribution in [3.8, 4) is 11.1 Å². The summed E-state index contributed by atoms with van der Waals surface area (Å²) in [6, 6.07) is 13.9. The van der Waals surface area contributed by atoms with E-state index < -0.39 is 0 Å². The molecule has 25 heavy (non-hydrogen) atoms. The van der Waals surface area contributed by atoms with Gasteiger partial charge in [-0.1, -0.05) is 31.2 Å². The number of carbonyl (C=O) groups excluding carboxylic acids is 1. The fourth-order valence-electron chi connectivity index (χ4n) is 3.71. The summed E-state index contributed by atoms with van der Waals surface area (Å²) in [5, 5.41) is 0. The topological polar surface area (TPSA) is 23.6 Å². The van der Waals surface area contributed by atoms with Crippen LogP contribution in [0.15, 0.2) is 48.5 Å². The summed E-state index contributed by atoms with van der Waals surface area (Å²) >= 11 is 0. The highest BCUT2D eigenvalue weighted by Crippen LogP contribution is 2.30. The molecule has 1 atom stereocenters. The average Bonchev–Trinajstić information content (AvgIpc) is 2.93. The van der Waals surface area contributed by atoms with Gasteiger partial charge in [-0.15, -0.1) is 0 Å². The van der Waals surface area contributed by atoms with E-state index in [1.807, 2.05) is 36.2 Å². The molecule has 0 unspecified atom stereocenters. The van der Waals surface area contributed by atoms with Crippen LogP contribution in [0.1, 0.15) is 23.7 Å². The Morgan fingerprint density at radius 2 is 1.68 bits per heavy atom. The normalized spacial score (nSPS) is 20.6. The van der Waals surface area contributed by atoms with Gasteiger partial charge in [-0.3, -0.25) is 4.79 Å². The Morgan fingerprint density at radius 1 is 1.12 bits per heavy atom. The van der Waals surface area contributed by atoms with Crippen LogP contribution in [0.2, 0.25) is 0 Å². The first kappa shape index (κ1) is 17.6. The number of hydrogen-bond acceptors (Lipinski definition) is 2. The number of amides is 1. The standard InChI is InChI=1S/C21H25FN2O/c1-21(12-13-23(2)14-21)15-24(3)20(25)18-6-4-16(5-7-18)17-8-10-19(22)11-9-17/h4-11H,12-15H2,1-3H3/t21-/m1/s1. The second-order valence-electron chi connectivity index (χ2n) is 7.54. The van der Waals surface area contributed by atoms with Gasteiger partial charge in [0, 0.05) is 25.7 Å². The van der Waals surface area contributed by atoms with E-state index in [1.54, 1.807) is 12.1 Å². The lowest BCUT2D eigenvalue weighted by Gasteiger charge is -2.30. The molecule has 4 heteroatoms. The van der Waals surface area contributed by atoms with Crippen molar-refractivity contribution in [3.05, 3.63) is 59.9 Å². The molecule has 1 saturated heterocycles. The van der Waals surface area contributed by atoms with Gasteiger partial charge >= 0.3 is 0 Å². The monoisotopic (exact) mass is 340 g/mol. The summed E-state index contributed by atoms with van der Waals surface area (Å²) in [4.78, 5) is 16.9. The van der Waals surface area contributed by atoms with E-state index in [0.29, 0.717) is 5.56 Å². The molecule has 0 saturated carbocycles. The lowest BCUT2D eigenvalue weighted by atomic mass is 9.89. The van der Waals surface area contributed by atoms with Crippen molar-refractivity contribution >= 4 is 5.91 Å². The fourth-order valence-corrected chi connectivity index (χ4v) is 3.71. The SMILES string of the molecule is CN1CC[C@@](C)(CN(C)C(=O)c2ccc(-c3ccc(F)cc3)cc2)C1. The molecule has 1 aliphatic heterocycles.